The first kappa shape index (κ1) is 11.9. The number of halogens is 1. The third kappa shape index (κ3) is 2.49. The van der Waals surface area contributed by atoms with E-state index in [0.717, 1.165) is 12.8 Å². The van der Waals surface area contributed by atoms with Crippen molar-refractivity contribution in [3.05, 3.63) is 29.0 Å². The Bertz CT molecular complexity index is 453. The van der Waals surface area contributed by atoms with Crippen LogP contribution in [0, 0.1) is 0 Å². The van der Waals surface area contributed by atoms with Gasteiger partial charge in [-0.25, -0.2) is 4.98 Å². The molecule has 3 heterocycles. The molecule has 1 amide bonds. The molecule has 18 heavy (non-hydrogen) atoms. The average molecular weight is 266 g/mol. The van der Waals surface area contributed by atoms with Crippen LogP contribution in [0.15, 0.2) is 18.2 Å². The van der Waals surface area contributed by atoms with Gasteiger partial charge in [-0.05, 0) is 37.8 Å². The number of aromatic nitrogens is 1. The molecule has 0 spiro atoms. The molecule has 2 aliphatic heterocycles. The van der Waals surface area contributed by atoms with Crippen LogP contribution in [0.4, 0.5) is 0 Å². The van der Waals surface area contributed by atoms with Crippen LogP contribution < -0.4 is 10.6 Å². The number of rotatable bonds is 2. The first-order chi connectivity index (χ1) is 8.70. The van der Waals surface area contributed by atoms with Gasteiger partial charge in [-0.3, -0.25) is 4.79 Å². The fourth-order valence-corrected chi connectivity index (χ4v) is 3.13. The number of amides is 1. The zero-order valence-corrected chi connectivity index (χ0v) is 10.8. The topological polar surface area (TPSA) is 54.0 Å². The summed E-state index contributed by atoms with van der Waals surface area (Å²) < 4.78 is 0. The van der Waals surface area contributed by atoms with Gasteiger partial charge in [0, 0.05) is 18.1 Å². The summed E-state index contributed by atoms with van der Waals surface area (Å²) in [7, 11) is 0. The highest BCUT2D eigenvalue weighted by Crippen LogP contribution is 2.26. The molecule has 0 radical (unpaired) electrons. The second-order valence-corrected chi connectivity index (χ2v) is 5.51. The quantitative estimate of drug-likeness (QED) is 0.801. The SMILES string of the molecule is O=C(NC1CC2CCC(C1)N2)c1cccc(Cl)n1. The van der Waals surface area contributed by atoms with Crippen LogP contribution in [0.3, 0.4) is 0 Å². The maximum Gasteiger partial charge on any atom is 0.270 e. The maximum atomic E-state index is 12.0. The van der Waals surface area contributed by atoms with Crippen molar-refractivity contribution < 1.29 is 4.79 Å². The minimum atomic E-state index is -0.121. The molecule has 2 bridgehead atoms. The second-order valence-electron chi connectivity index (χ2n) is 5.13. The molecule has 2 aliphatic rings. The van der Waals surface area contributed by atoms with Crippen molar-refractivity contribution in [3.63, 3.8) is 0 Å². The van der Waals surface area contributed by atoms with E-state index in [0.29, 0.717) is 22.9 Å². The van der Waals surface area contributed by atoms with E-state index in [1.807, 2.05) is 0 Å². The summed E-state index contributed by atoms with van der Waals surface area (Å²) in [6.07, 6.45) is 4.49. The number of pyridine rings is 1. The van der Waals surface area contributed by atoms with Crippen molar-refractivity contribution in [3.8, 4) is 0 Å². The van der Waals surface area contributed by atoms with Crippen LogP contribution in [0.1, 0.15) is 36.2 Å². The molecule has 4 nitrogen and oxygen atoms in total. The van der Waals surface area contributed by atoms with E-state index in [-0.39, 0.29) is 11.9 Å². The molecule has 96 valence electrons. The lowest BCUT2D eigenvalue weighted by Gasteiger charge is -2.29. The standard InChI is InChI=1S/C13H16ClN3O/c14-12-3-1-2-11(17-12)13(18)16-10-6-8-4-5-9(7-10)15-8/h1-3,8-10,15H,4-7H2,(H,16,18). The number of carbonyl (C=O) groups excluding carboxylic acids is 1. The van der Waals surface area contributed by atoms with Gasteiger partial charge in [0.1, 0.15) is 10.8 Å². The summed E-state index contributed by atoms with van der Waals surface area (Å²) in [5.41, 5.74) is 0.397. The highest BCUT2D eigenvalue weighted by atomic mass is 35.5. The van der Waals surface area contributed by atoms with Gasteiger partial charge in [0.2, 0.25) is 0 Å². The molecule has 2 N–H and O–H groups in total. The van der Waals surface area contributed by atoms with Crippen LogP contribution in [-0.2, 0) is 0 Å². The number of carbonyl (C=O) groups is 1. The van der Waals surface area contributed by atoms with Crippen LogP contribution in [0.25, 0.3) is 0 Å². The lowest BCUT2D eigenvalue weighted by molar-refractivity contribution is 0.0919. The molecule has 2 atom stereocenters. The maximum absolute atomic E-state index is 12.0. The molecule has 1 aromatic rings. The third-order valence-corrected chi connectivity index (χ3v) is 3.97. The van der Waals surface area contributed by atoms with Gasteiger partial charge in [0.15, 0.2) is 0 Å². The largest absolute Gasteiger partial charge is 0.348 e. The Morgan fingerprint density at radius 1 is 1.33 bits per heavy atom. The van der Waals surface area contributed by atoms with Crippen LogP contribution in [-0.4, -0.2) is 29.0 Å². The zero-order valence-electron chi connectivity index (χ0n) is 10.0. The minimum absolute atomic E-state index is 0.121. The van der Waals surface area contributed by atoms with Crippen molar-refractivity contribution in [2.45, 2.75) is 43.8 Å². The fraction of sp³-hybridized carbons (Fsp3) is 0.538. The number of nitrogens with one attached hydrogen (secondary N) is 2. The van der Waals surface area contributed by atoms with Crippen molar-refractivity contribution >= 4 is 17.5 Å². The summed E-state index contributed by atoms with van der Waals surface area (Å²) in [6, 6.07) is 6.51. The molecule has 5 heteroatoms. The number of hydrogen-bond donors (Lipinski definition) is 2. The van der Waals surface area contributed by atoms with E-state index >= 15 is 0 Å². The molecular formula is C13H16ClN3O. The Kier molecular flexibility index (Phi) is 3.22. The summed E-state index contributed by atoms with van der Waals surface area (Å²) in [5, 5.41) is 6.97. The molecule has 2 unspecified atom stereocenters. The smallest absolute Gasteiger partial charge is 0.270 e. The fourth-order valence-electron chi connectivity index (χ4n) is 2.97. The Morgan fingerprint density at radius 3 is 2.72 bits per heavy atom. The second kappa shape index (κ2) is 4.86. The van der Waals surface area contributed by atoms with Gasteiger partial charge in [-0.2, -0.15) is 0 Å². The Morgan fingerprint density at radius 2 is 2.06 bits per heavy atom. The highest BCUT2D eigenvalue weighted by Gasteiger charge is 2.34. The van der Waals surface area contributed by atoms with Crippen molar-refractivity contribution in [2.24, 2.45) is 0 Å². The van der Waals surface area contributed by atoms with Gasteiger partial charge in [0.05, 0.1) is 0 Å². The molecule has 2 fully saturated rings. The Balaban J connectivity index is 1.64. The summed E-state index contributed by atoms with van der Waals surface area (Å²) in [6.45, 7) is 0. The van der Waals surface area contributed by atoms with Crippen molar-refractivity contribution in [1.29, 1.82) is 0 Å². The van der Waals surface area contributed by atoms with E-state index in [1.165, 1.54) is 12.8 Å². The molecule has 2 saturated heterocycles. The number of fused-ring (bicyclic) bond motifs is 2. The van der Waals surface area contributed by atoms with Gasteiger partial charge in [-0.1, -0.05) is 17.7 Å². The summed E-state index contributed by atoms with van der Waals surface area (Å²) in [5.74, 6) is -0.121. The molecule has 0 saturated carbocycles. The average Bonchev–Trinajstić information content (AvgIpc) is 2.69. The molecule has 3 rings (SSSR count). The van der Waals surface area contributed by atoms with Crippen molar-refractivity contribution in [2.75, 3.05) is 0 Å². The monoisotopic (exact) mass is 265 g/mol. The van der Waals surface area contributed by atoms with Gasteiger partial charge >= 0.3 is 0 Å². The predicted molar refractivity (Wildman–Crippen MR) is 69.7 cm³/mol. The summed E-state index contributed by atoms with van der Waals surface area (Å²) >= 11 is 5.79. The first-order valence-corrected chi connectivity index (χ1v) is 6.78. The predicted octanol–water partition coefficient (Wildman–Crippen LogP) is 1.75. The lowest BCUT2D eigenvalue weighted by Crippen LogP contribution is -2.48. The van der Waals surface area contributed by atoms with E-state index in [4.69, 9.17) is 11.6 Å². The number of nitrogens with zero attached hydrogens (tertiary/aromatic N) is 1. The van der Waals surface area contributed by atoms with Crippen LogP contribution in [0.2, 0.25) is 5.15 Å². The summed E-state index contributed by atoms with van der Waals surface area (Å²) in [4.78, 5) is 16.1. The van der Waals surface area contributed by atoms with Gasteiger partial charge in [-0.15, -0.1) is 0 Å². The van der Waals surface area contributed by atoms with E-state index in [1.54, 1.807) is 18.2 Å². The molecule has 0 aliphatic carbocycles. The molecule has 0 aromatic carbocycles. The van der Waals surface area contributed by atoms with Crippen molar-refractivity contribution in [1.82, 2.24) is 15.6 Å². The third-order valence-electron chi connectivity index (χ3n) is 3.76. The first-order valence-electron chi connectivity index (χ1n) is 6.40. The Labute approximate surface area is 111 Å². The van der Waals surface area contributed by atoms with E-state index in [2.05, 4.69) is 15.6 Å². The van der Waals surface area contributed by atoms with E-state index in [9.17, 15) is 4.79 Å². The van der Waals surface area contributed by atoms with E-state index < -0.39 is 0 Å². The normalized spacial score (nSPS) is 30.2. The van der Waals surface area contributed by atoms with Crippen LogP contribution >= 0.6 is 11.6 Å². The minimum Gasteiger partial charge on any atom is -0.348 e. The number of hydrogen-bond acceptors (Lipinski definition) is 3. The zero-order chi connectivity index (χ0) is 12.5. The molecule has 1 aromatic heterocycles. The van der Waals surface area contributed by atoms with Gasteiger partial charge in [0.25, 0.3) is 5.91 Å². The Hall–Kier alpha value is -1.13. The van der Waals surface area contributed by atoms with Crippen LogP contribution in [0.5, 0.6) is 0 Å². The molecular weight excluding hydrogens is 250 g/mol. The number of piperidine rings is 1. The van der Waals surface area contributed by atoms with Gasteiger partial charge < -0.3 is 10.6 Å². The highest BCUT2D eigenvalue weighted by molar-refractivity contribution is 6.29. The lowest BCUT2D eigenvalue weighted by atomic mass is 10.00.